The van der Waals surface area contributed by atoms with Crippen molar-refractivity contribution in [1.82, 2.24) is 0 Å². The Bertz CT molecular complexity index is 245. The number of rotatable bonds is 0. The van der Waals surface area contributed by atoms with Crippen molar-refractivity contribution >= 4 is 16.2 Å². The molecule has 0 amide bonds. The van der Waals surface area contributed by atoms with Crippen LogP contribution < -0.4 is 0 Å². The van der Waals surface area contributed by atoms with Crippen LogP contribution in [-0.4, -0.2) is 45.5 Å². The lowest BCUT2D eigenvalue weighted by Crippen LogP contribution is -2.40. The molecule has 0 aromatic heterocycles. The van der Waals surface area contributed by atoms with Crippen LogP contribution in [0.1, 0.15) is 13.3 Å². The van der Waals surface area contributed by atoms with Gasteiger partial charge in [0.25, 0.3) is 0 Å². The van der Waals surface area contributed by atoms with Crippen LogP contribution in [0.2, 0.25) is 0 Å². The van der Waals surface area contributed by atoms with Gasteiger partial charge in [-0.2, -0.15) is 0 Å². The normalized spacial score (nSPS) is 51.9. The highest BCUT2D eigenvalue weighted by atomic mass is 31.2. The third-order valence-corrected chi connectivity index (χ3v) is 4.32. The van der Waals surface area contributed by atoms with Crippen molar-refractivity contribution in [3.63, 3.8) is 0 Å². The Morgan fingerprint density at radius 1 is 1.47 bits per heavy atom. The monoisotopic (exact) mass is 232 g/mol. The van der Waals surface area contributed by atoms with Crippen molar-refractivity contribution in [1.29, 1.82) is 0 Å². The molecule has 3 nitrogen and oxygen atoms in total. The second-order valence-corrected chi connectivity index (χ2v) is 5.57. The minimum absolute atomic E-state index is 0.238. The standard InChI is InChI=1S/C9H15BFO3P/c1-6-7(11)8(10)14-9(6)3-4-12-15(2)13-5-9/h6-8H,3-5H2,1-2H3/t6-,7?,8-,9-,15?/m1/s1. The number of ether oxygens (including phenoxy) is 1. The van der Waals surface area contributed by atoms with Gasteiger partial charge in [0.15, 0.2) is 8.38 Å². The lowest BCUT2D eigenvalue weighted by molar-refractivity contribution is -0.0620. The summed E-state index contributed by atoms with van der Waals surface area (Å²) in [5.41, 5.74) is -0.591. The number of hydrogen-bond donors (Lipinski definition) is 0. The van der Waals surface area contributed by atoms with Crippen molar-refractivity contribution in [2.24, 2.45) is 5.92 Å². The van der Waals surface area contributed by atoms with Crippen molar-refractivity contribution < 1.29 is 18.2 Å². The Balaban J connectivity index is 2.12. The van der Waals surface area contributed by atoms with Gasteiger partial charge in [0.1, 0.15) is 14.0 Å². The van der Waals surface area contributed by atoms with Gasteiger partial charge in [0.05, 0.1) is 18.8 Å². The van der Waals surface area contributed by atoms with Gasteiger partial charge < -0.3 is 13.8 Å². The minimum Gasteiger partial charge on any atom is -0.376 e. The first-order chi connectivity index (χ1) is 7.05. The zero-order chi connectivity index (χ0) is 11.1. The first-order valence-corrected chi connectivity index (χ1v) is 6.75. The molecule has 2 unspecified atom stereocenters. The van der Waals surface area contributed by atoms with Crippen LogP contribution in [0.5, 0.6) is 0 Å². The molecule has 6 heteroatoms. The van der Waals surface area contributed by atoms with Gasteiger partial charge >= 0.3 is 0 Å². The fraction of sp³-hybridized carbons (Fsp3) is 1.00. The Morgan fingerprint density at radius 3 is 2.80 bits per heavy atom. The maximum absolute atomic E-state index is 13.6. The molecule has 15 heavy (non-hydrogen) atoms. The van der Waals surface area contributed by atoms with Gasteiger partial charge in [0.2, 0.25) is 0 Å². The molecule has 2 saturated heterocycles. The Morgan fingerprint density at radius 2 is 2.20 bits per heavy atom. The number of alkyl halides is 1. The van der Waals surface area contributed by atoms with E-state index in [0.29, 0.717) is 19.6 Å². The zero-order valence-corrected chi connectivity index (χ0v) is 9.88. The van der Waals surface area contributed by atoms with E-state index >= 15 is 0 Å². The maximum Gasteiger partial charge on any atom is 0.167 e. The van der Waals surface area contributed by atoms with Gasteiger partial charge in [-0.25, -0.2) is 4.39 Å². The Kier molecular flexibility index (Phi) is 3.37. The summed E-state index contributed by atoms with van der Waals surface area (Å²) in [4.78, 5) is 0. The molecule has 0 aromatic rings. The molecule has 1 spiro atoms. The van der Waals surface area contributed by atoms with Gasteiger partial charge in [-0.3, -0.25) is 0 Å². The van der Waals surface area contributed by atoms with Crippen LogP contribution in [-0.2, 0) is 13.8 Å². The third kappa shape index (κ3) is 2.08. The van der Waals surface area contributed by atoms with E-state index in [9.17, 15) is 4.39 Å². The molecule has 2 aliphatic rings. The third-order valence-electron chi connectivity index (χ3n) is 3.28. The summed E-state index contributed by atoms with van der Waals surface area (Å²) in [6.45, 7) is 4.64. The second-order valence-electron chi connectivity index (χ2n) is 4.18. The summed E-state index contributed by atoms with van der Waals surface area (Å²) in [5, 5.41) is 0. The molecule has 5 atom stereocenters. The first kappa shape index (κ1) is 11.8. The predicted molar refractivity (Wildman–Crippen MR) is 56.8 cm³/mol. The summed E-state index contributed by atoms with van der Waals surface area (Å²) in [5.74, 6) is -0.238. The molecule has 0 N–H and O–H groups in total. The molecule has 84 valence electrons. The van der Waals surface area contributed by atoms with E-state index in [4.69, 9.17) is 21.6 Å². The number of halogens is 1. The summed E-state index contributed by atoms with van der Waals surface area (Å²) in [6.07, 6.45) is -0.468. The summed E-state index contributed by atoms with van der Waals surface area (Å²) in [6, 6.07) is -0.829. The minimum atomic E-state index is -1.12. The topological polar surface area (TPSA) is 27.7 Å². The highest BCUT2D eigenvalue weighted by Gasteiger charge is 2.52. The first-order valence-electron chi connectivity index (χ1n) is 5.12. The SMILES string of the molecule is [B][C@@H]1O[C@@]2(CCOP(C)OC2)[C@H](C)C1F. The molecular weight excluding hydrogens is 217 g/mol. The lowest BCUT2D eigenvalue weighted by atomic mass is 9.82. The Hall–Kier alpha value is 0.305. The van der Waals surface area contributed by atoms with Gasteiger partial charge in [-0.05, 0) is 0 Å². The van der Waals surface area contributed by atoms with E-state index in [2.05, 4.69) is 0 Å². The van der Waals surface area contributed by atoms with Crippen LogP contribution in [0, 0.1) is 5.92 Å². The average molecular weight is 232 g/mol. The molecule has 0 bridgehead atoms. The van der Waals surface area contributed by atoms with E-state index in [-0.39, 0.29) is 5.92 Å². The average Bonchev–Trinajstić information content (AvgIpc) is 2.39. The largest absolute Gasteiger partial charge is 0.376 e. The van der Waals surface area contributed by atoms with E-state index in [1.807, 2.05) is 13.6 Å². The molecule has 0 aliphatic carbocycles. The molecule has 2 aliphatic heterocycles. The van der Waals surface area contributed by atoms with Crippen molar-refractivity contribution in [3.8, 4) is 0 Å². The Labute approximate surface area is 92.0 Å². The van der Waals surface area contributed by atoms with E-state index < -0.39 is 26.2 Å². The van der Waals surface area contributed by atoms with E-state index in [1.165, 1.54) is 0 Å². The van der Waals surface area contributed by atoms with Crippen LogP contribution in [0.25, 0.3) is 0 Å². The van der Waals surface area contributed by atoms with Crippen molar-refractivity contribution in [2.45, 2.75) is 31.1 Å². The van der Waals surface area contributed by atoms with Crippen LogP contribution in [0.3, 0.4) is 0 Å². The van der Waals surface area contributed by atoms with Crippen LogP contribution >= 0.6 is 8.38 Å². The smallest absolute Gasteiger partial charge is 0.167 e. The van der Waals surface area contributed by atoms with Crippen LogP contribution in [0.15, 0.2) is 0 Å². The molecule has 0 aromatic carbocycles. The van der Waals surface area contributed by atoms with Gasteiger partial charge in [0, 0.05) is 25.0 Å². The molecule has 2 rings (SSSR count). The quantitative estimate of drug-likeness (QED) is 0.469. The maximum atomic E-state index is 13.6. The molecular formula is C9H15BFO3P. The van der Waals surface area contributed by atoms with Gasteiger partial charge in [-0.15, -0.1) is 0 Å². The lowest BCUT2D eigenvalue weighted by Gasteiger charge is -2.30. The van der Waals surface area contributed by atoms with Crippen molar-refractivity contribution in [2.75, 3.05) is 19.9 Å². The highest BCUT2D eigenvalue weighted by molar-refractivity contribution is 7.46. The van der Waals surface area contributed by atoms with Crippen LogP contribution in [0.4, 0.5) is 4.39 Å². The summed E-state index contributed by atoms with van der Waals surface area (Å²) < 4.78 is 30.1. The summed E-state index contributed by atoms with van der Waals surface area (Å²) in [7, 11) is 4.72. The summed E-state index contributed by atoms with van der Waals surface area (Å²) >= 11 is 0. The molecule has 2 heterocycles. The van der Waals surface area contributed by atoms with E-state index in [1.54, 1.807) is 0 Å². The second kappa shape index (κ2) is 4.29. The van der Waals surface area contributed by atoms with Crippen molar-refractivity contribution in [3.05, 3.63) is 0 Å². The highest BCUT2D eigenvalue weighted by Crippen LogP contribution is 2.46. The fourth-order valence-electron chi connectivity index (χ4n) is 2.13. The molecule has 2 radical (unpaired) electrons. The fourth-order valence-corrected chi connectivity index (χ4v) is 2.95. The van der Waals surface area contributed by atoms with Gasteiger partial charge in [-0.1, -0.05) is 6.92 Å². The van der Waals surface area contributed by atoms with E-state index in [0.717, 1.165) is 0 Å². The zero-order valence-electron chi connectivity index (χ0n) is 8.98. The molecule has 2 fully saturated rings. The number of hydrogen-bond acceptors (Lipinski definition) is 3. The molecule has 0 saturated carbocycles. The predicted octanol–water partition coefficient (Wildman–Crippen LogP) is 1.60.